The molecule has 43 heavy (non-hydrogen) atoms. The van der Waals surface area contributed by atoms with Crippen molar-refractivity contribution >= 4 is 36.1 Å². The van der Waals surface area contributed by atoms with Crippen LogP contribution in [0.1, 0.15) is 28.8 Å². The first-order chi connectivity index (χ1) is 20.7. The van der Waals surface area contributed by atoms with Crippen LogP contribution in [-0.4, -0.2) is 58.5 Å². The fourth-order valence-electron chi connectivity index (χ4n) is 3.54. The maximum Gasteiger partial charge on any atom is 0.303 e. The first-order valence-corrected chi connectivity index (χ1v) is 12.8. The highest BCUT2D eigenvalue weighted by atomic mass is 19.1. The summed E-state index contributed by atoms with van der Waals surface area (Å²) in [5, 5.41) is 23.5. The van der Waals surface area contributed by atoms with Gasteiger partial charge in [-0.3, -0.25) is 24.2 Å². The summed E-state index contributed by atoms with van der Waals surface area (Å²) in [6, 6.07) is 17.1. The highest BCUT2D eigenvalue weighted by Gasteiger charge is 2.11. The number of rotatable bonds is 11. The van der Waals surface area contributed by atoms with Crippen LogP contribution in [0.15, 0.2) is 73.1 Å². The van der Waals surface area contributed by atoms with Gasteiger partial charge in [0.05, 0.1) is 22.6 Å². The van der Waals surface area contributed by atoms with Crippen LogP contribution in [0.25, 0.3) is 11.4 Å². The van der Waals surface area contributed by atoms with Crippen molar-refractivity contribution in [3.05, 3.63) is 90.0 Å². The van der Waals surface area contributed by atoms with E-state index in [9.17, 15) is 18.8 Å². The van der Waals surface area contributed by atoms with Gasteiger partial charge in [-0.05, 0) is 55.3 Å². The third-order valence-electron chi connectivity index (χ3n) is 5.49. The summed E-state index contributed by atoms with van der Waals surface area (Å²) in [5.41, 5.74) is 3.91. The molecule has 2 aromatic heterocycles. The standard InChI is InChI=1S/C21H21FN4O4.C8H9NO.CH2O2/c1-23-17-5-4-14(10-16(17)22)30-15-6-8-24-19(11-15)18-9-13(12-26-18)21(29)25-7-2-3-20(27)28;1-7-3-2-4-8(5-7)9-6-10;2-1-3/h4-6,8-12,23,26H,2-3,7H2,1H3,(H,25,29)(H,27,28);2-6H,1H3,(H,9,10);1H,(H,2,3). The number of aryl methyl sites for hydroxylation is 1. The Bertz CT molecular complexity index is 1510. The Morgan fingerprint density at radius 2 is 1.81 bits per heavy atom. The van der Waals surface area contributed by atoms with Gasteiger partial charge in [-0.25, -0.2) is 4.39 Å². The number of halogens is 1. The van der Waals surface area contributed by atoms with Gasteiger partial charge < -0.3 is 35.9 Å². The molecule has 226 valence electrons. The molecule has 0 saturated carbocycles. The minimum Gasteiger partial charge on any atom is -0.483 e. The smallest absolute Gasteiger partial charge is 0.303 e. The summed E-state index contributed by atoms with van der Waals surface area (Å²) in [7, 11) is 1.63. The summed E-state index contributed by atoms with van der Waals surface area (Å²) in [5.74, 6) is -0.826. The molecule has 0 atom stereocenters. The van der Waals surface area contributed by atoms with E-state index in [-0.39, 0.29) is 25.3 Å². The molecule has 0 radical (unpaired) electrons. The quantitative estimate of drug-likeness (QED) is 0.104. The number of carboxylic acid groups (broad SMARTS) is 2. The van der Waals surface area contributed by atoms with Crippen molar-refractivity contribution in [3.63, 3.8) is 0 Å². The molecular weight excluding hydrogens is 561 g/mol. The maximum atomic E-state index is 13.9. The largest absolute Gasteiger partial charge is 0.483 e. The maximum absolute atomic E-state index is 13.9. The molecule has 0 unspecified atom stereocenters. The zero-order valence-electron chi connectivity index (χ0n) is 23.5. The van der Waals surface area contributed by atoms with Gasteiger partial charge in [-0.15, -0.1) is 0 Å². The van der Waals surface area contributed by atoms with E-state index in [0.717, 1.165) is 11.3 Å². The SMILES string of the molecule is CNc1ccc(Oc2ccnc(-c3cc(C(=O)NCCCC(=O)O)c[nH]3)c2)cc1F.Cc1cccc(NC=O)c1.O=CO. The van der Waals surface area contributed by atoms with Crippen molar-refractivity contribution < 1.29 is 38.5 Å². The van der Waals surface area contributed by atoms with E-state index in [2.05, 4.69) is 25.9 Å². The van der Waals surface area contributed by atoms with Gasteiger partial charge in [0.2, 0.25) is 6.41 Å². The number of nitrogens with zero attached hydrogens (tertiary/aromatic N) is 1. The average molecular weight is 594 g/mol. The van der Waals surface area contributed by atoms with E-state index in [0.29, 0.717) is 47.0 Å². The first-order valence-electron chi connectivity index (χ1n) is 12.8. The minimum absolute atomic E-state index is 0.00301. The lowest BCUT2D eigenvalue weighted by Gasteiger charge is -2.08. The van der Waals surface area contributed by atoms with Gasteiger partial charge in [-0.1, -0.05) is 12.1 Å². The lowest BCUT2D eigenvalue weighted by molar-refractivity contribution is -0.137. The molecule has 2 aromatic carbocycles. The summed E-state index contributed by atoms with van der Waals surface area (Å²) < 4.78 is 19.6. The van der Waals surface area contributed by atoms with E-state index in [1.54, 1.807) is 49.8 Å². The van der Waals surface area contributed by atoms with E-state index < -0.39 is 11.8 Å². The van der Waals surface area contributed by atoms with Crippen LogP contribution in [0, 0.1) is 12.7 Å². The van der Waals surface area contributed by atoms with Crippen LogP contribution >= 0.6 is 0 Å². The third-order valence-corrected chi connectivity index (χ3v) is 5.49. The van der Waals surface area contributed by atoms with Crippen LogP contribution in [0.4, 0.5) is 15.8 Å². The lowest BCUT2D eigenvalue weighted by Crippen LogP contribution is -2.24. The second-order valence-electron chi connectivity index (χ2n) is 8.66. The Kier molecular flexibility index (Phi) is 13.9. The Balaban J connectivity index is 0.000000413. The molecule has 0 aliphatic heterocycles. The molecule has 0 spiro atoms. The van der Waals surface area contributed by atoms with Gasteiger partial charge in [0, 0.05) is 50.2 Å². The second kappa shape index (κ2) is 17.9. The van der Waals surface area contributed by atoms with Crippen LogP contribution in [0.5, 0.6) is 11.5 Å². The zero-order chi connectivity index (χ0) is 31.6. The van der Waals surface area contributed by atoms with Crippen molar-refractivity contribution in [3.8, 4) is 22.9 Å². The molecule has 0 saturated heterocycles. The molecule has 6 N–H and O–H groups in total. The molecule has 4 aromatic rings. The molecule has 2 amide bonds. The minimum atomic E-state index is -0.901. The van der Waals surface area contributed by atoms with Crippen molar-refractivity contribution in [2.24, 2.45) is 0 Å². The van der Waals surface area contributed by atoms with Crippen molar-refractivity contribution in [1.82, 2.24) is 15.3 Å². The van der Waals surface area contributed by atoms with Crippen LogP contribution < -0.4 is 20.7 Å². The van der Waals surface area contributed by atoms with Crippen molar-refractivity contribution in [2.75, 3.05) is 24.2 Å². The average Bonchev–Trinajstić information content (AvgIpc) is 3.47. The first kappa shape index (κ1) is 33.5. The number of aromatic amines is 1. The Morgan fingerprint density at radius 3 is 2.47 bits per heavy atom. The molecule has 0 aliphatic carbocycles. The number of aromatic nitrogens is 2. The molecule has 12 nitrogen and oxygen atoms in total. The number of hydrogen-bond donors (Lipinski definition) is 6. The normalized spacial score (nSPS) is 9.65. The fraction of sp³-hybridized carbons (Fsp3) is 0.167. The number of ether oxygens (including phenoxy) is 1. The topological polar surface area (TPSA) is 183 Å². The summed E-state index contributed by atoms with van der Waals surface area (Å²) in [4.78, 5) is 48.3. The molecule has 0 bridgehead atoms. The third kappa shape index (κ3) is 11.7. The number of anilines is 2. The van der Waals surface area contributed by atoms with E-state index >= 15 is 0 Å². The lowest BCUT2D eigenvalue weighted by atomic mass is 10.2. The summed E-state index contributed by atoms with van der Waals surface area (Å²) in [6.45, 7) is 2.01. The fourth-order valence-corrected chi connectivity index (χ4v) is 3.54. The number of amides is 2. The summed E-state index contributed by atoms with van der Waals surface area (Å²) >= 11 is 0. The van der Waals surface area contributed by atoms with Crippen molar-refractivity contribution in [2.45, 2.75) is 19.8 Å². The zero-order valence-corrected chi connectivity index (χ0v) is 23.5. The van der Waals surface area contributed by atoms with Gasteiger partial charge in [0.25, 0.3) is 12.4 Å². The van der Waals surface area contributed by atoms with Crippen LogP contribution in [-0.2, 0) is 14.4 Å². The summed E-state index contributed by atoms with van der Waals surface area (Å²) in [6.07, 6.45) is 4.12. The molecule has 0 fully saturated rings. The Morgan fingerprint density at radius 1 is 1.07 bits per heavy atom. The predicted octanol–water partition coefficient (Wildman–Crippen LogP) is 4.91. The molecule has 4 rings (SSSR count). The highest BCUT2D eigenvalue weighted by Crippen LogP contribution is 2.28. The van der Waals surface area contributed by atoms with Gasteiger partial charge >= 0.3 is 5.97 Å². The van der Waals surface area contributed by atoms with Gasteiger partial charge in [0.15, 0.2) is 0 Å². The monoisotopic (exact) mass is 593 g/mol. The number of carbonyl (C=O) groups is 4. The Labute approximate surface area is 246 Å². The number of carboxylic acids is 1. The molecule has 0 aliphatic rings. The molecule has 13 heteroatoms. The molecule has 2 heterocycles. The van der Waals surface area contributed by atoms with Gasteiger partial charge in [0.1, 0.15) is 17.3 Å². The molecular formula is C30H32FN5O7. The number of carbonyl (C=O) groups excluding carboxylic acids is 2. The number of pyridine rings is 1. The number of aliphatic carboxylic acids is 1. The second-order valence-corrected chi connectivity index (χ2v) is 8.66. The highest BCUT2D eigenvalue weighted by molar-refractivity contribution is 5.95. The number of H-pyrrole nitrogens is 1. The van der Waals surface area contributed by atoms with E-state index in [1.807, 2.05) is 31.2 Å². The number of benzene rings is 2. The van der Waals surface area contributed by atoms with Crippen LogP contribution in [0.3, 0.4) is 0 Å². The van der Waals surface area contributed by atoms with E-state index in [4.69, 9.17) is 19.7 Å². The van der Waals surface area contributed by atoms with Crippen LogP contribution in [0.2, 0.25) is 0 Å². The van der Waals surface area contributed by atoms with Crippen molar-refractivity contribution in [1.29, 1.82) is 0 Å². The predicted molar refractivity (Wildman–Crippen MR) is 159 cm³/mol. The van der Waals surface area contributed by atoms with E-state index in [1.165, 1.54) is 6.07 Å². The Hall–Kier alpha value is -5.72. The number of hydrogen-bond acceptors (Lipinski definition) is 7. The number of nitrogens with one attached hydrogen (secondary N) is 4. The van der Waals surface area contributed by atoms with Gasteiger partial charge in [-0.2, -0.15) is 0 Å².